The van der Waals surface area contributed by atoms with Crippen molar-refractivity contribution in [3.05, 3.63) is 70.3 Å². The van der Waals surface area contributed by atoms with Crippen LogP contribution in [0.2, 0.25) is 0 Å². The molecule has 0 radical (unpaired) electrons. The fourth-order valence-electron chi connectivity index (χ4n) is 4.55. The van der Waals surface area contributed by atoms with Gasteiger partial charge >= 0.3 is 0 Å². The first-order chi connectivity index (χ1) is 11.6. The van der Waals surface area contributed by atoms with Gasteiger partial charge in [0.2, 0.25) is 0 Å². The summed E-state index contributed by atoms with van der Waals surface area (Å²) >= 11 is 0. The molecule has 3 aliphatic rings. The Morgan fingerprint density at radius 3 is 2.08 bits per heavy atom. The van der Waals surface area contributed by atoms with Crippen molar-refractivity contribution < 1.29 is 5.11 Å². The zero-order valence-corrected chi connectivity index (χ0v) is 14.8. The molecule has 2 bridgehead atoms. The Balaban J connectivity index is 1.69. The molecule has 5 rings (SSSR count). The highest BCUT2D eigenvalue weighted by atomic mass is 16.3. The van der Waals surface area contributed by atoms with Gasteiger partial charge in [0.05, 0.1) is 0 Å². The Bertz CT molecular complexity index is 712. The molecule has 1 N–H and O–H groups in total. The molecule has 2 aromatic rings. The van der Waals surface area contributed by atoms with Crippen LogP contribution in [0.3, 0.4) is 0 Å². The van der Waals surface area contributed by atoms with Gasteiger partial charge in [-0.05, 0) is 80.4 Å². The molecule has 1 atom stereocenters. The minimum Gasteiger partial charge on any atom is -0.384 e. The number of benzene rings is 2. The molecule has 24 heavy (non-hydrogen) atoms. The third-order valence-corrected chi connectivity index (χ3v) is 6.26. The SMILES string of the molecule is Cc1ccc(C(O)c2ccc(C)c(C34CCN(CC3)CC4)c2)cc1. The van der Waals surface area contributed by atoms with Gasteiger partial charge in [-0.3, -0.25) is 0 Å². The van der Waals surface area contributed by atoms with Crippen molar-refractivity contribution in [3.63, 3.8) is 0 Å². The number of aryl methyl sites for hydroxylation is 2. The van der Waals surface area contributed by atoms with Crippen molar-refractivity contribution in [3.8, 4) is 0 Å². The molecule has 2 nitrogen and oxygen atoms in total. The van der Waals surface area contributed by atoms with Crippen molar-refractivity contribution in [2.75, 3.05) is 19.6 Å². The lowest BCUT2D eigenvalue weighted by molar-refractivity contribution is 0.0812. The average Bonchev–Trinajstić information content (AvgIpc) is 2.63. The van der Waals surface area contributed by atoms with E-state index in [0.29, 0.717) is 5.41 Å². The predicted molar refractivity (Wildman–Crippen MR) is 98.4 cm³/mol. The smallest absolute Gasteiger partial charge is 0.104 e. The molecule has 0 aromatic heterocycles. The lowest BCUT2D eigenvalue weighted by Gasteiger charge is -2.49. The number of fused-ring (bicyclic) bond motifs is 3. The summed E-state index contributed by atoms with van der Waals surface area (Å²) in [7, 11) is 0. The number of hydrogen-bond donors (Lipinski definition) is 1. The molecular formula is C22H27NO. The molecule has 3 fully saturated rings. The molecular weight excluding hydrogens is 294 g/mol. The number of nitrogens with zero attached hydrogens (tertiary/aromatic N) is 1. The van der Waals surface area contributed by atoms with E-state index in [-0.39, 0.29) is 0 Å². The molecule has 1 unspecified atom stereocenters. The quantitative estimate of drug-likeness (QED) is 0.919. The standard InChI is InChI=1S/C22H27NO/c1-16-3-6-18(7-4-16)21(24)19-8-5-17(2)20(15-19)22-9-12-23(13-10-22)14-11-22/h3-8,15,21,24H,9-14H2,1-2H3. The predicted octanol–water partition coefficient (Wildman–Crippen LogP) is 4.12. The topological polar surface area (TPSA) is 23.5 Å². The van der Waals surface area contributed by atoms with Crippen LogP contribution in [0.5, 0.6) is 0 Å². The lowest BCUT2D eigenvalue weighted by Crippen LogP contribution is -2.50. The van der Waals surface area contributed by atoms with Crippen LogP contribution in [0.15, 0.2) is 42.5 Å². The van der Waals surface area contributed by atoms with Crippen molar-refractivity contribution >= 4 is 0 Å². The van der Waals surface area contributed by atoms with Gasteiger partial charge in [-0.2, -0.15) is 0 Å². The number of aliphatic hydroxyl groups is 1. The van der Waals surface area contributed by atoms with Crippen LogP contribution in [0.4, 0.5) is 0 Å². The summed E-state index contributed by atoms with van der Waals surface area (Å²) in [5.41, 5.74) is 6.43. The highest BCUT2D eigenvalue weighted by Crippen LogP contribution is 2.44. The van der Waals surface area contributed by atoms with Crippen LogP contribution in [0.25, 0.3) is 0 Å². The van der Waals surface area contributed by atoms with Crippen molar-refractivity contribution in [2.45, 2.75) is 44.6 Å². The Kier molecular flexibility index (Phi) is 3.98. The summed E-state index contributed by atoms with van der Waals surface area (Å²) in [5, 5.41) is 10.9. The first kappa shape index (κ1) is 15.9. The molecule has 0 saturated carbocycles. The van der Waals surface area contributed by atoms with Gasteiger partial charge in [0.1, 0.15) is 6.10 Å². The van der Waals surface area contributed by atoms with E-state index in [1.807, 2.05) is 12.1 Å². The van der Waals surface area contributed by atoms with Crippen molar-refractivity contribution in [2.24, 2.45) is 0 Å². The molecule has 2 heteroatoms. The maximum absolute atomic E-state index is 10.9. The van der Waals surface area contributed by atoms with Crippen LogP contribution in [0.1, 0.15) is 53.2 Å². The van der Waals surface area contributed by atoms with Crippen LogP contribution in [0, 0.1) is 13.8 Å². The monoisotopic (exact) mass is 321 g/mol. The first-order valence-electron chi connectivity index (χ1n) is 9.15. The Labute approximate surface area is 145 Å². The number of aliphatic hydroxyl groups excluding tert-OH is 1. The van der Waals surface area contributed by atoms with E-state index in [1.165, 1.54) is 55.6 Å². The second kappa shape index (κ2) is 6.02. The van der Waals surface area contributed by atoms with Gasteiger partial charge in [-0.15, -0.1) is 0 Å². The minimum atomic E-state index is -0.537. The van der Waals surface area contributed by atoms with E-state index in [9.17, 15) is 5.11 Å². The van der Waals surface area contributed by atoms with E-state index in [4.69, 9.17) is 0 Å². The van der Waals surface area contributed by atoms with Gasteiger partial charge in [0.25, 0.3) is 0 Å². The summed E-state index contributed by atoms with van der Waals surface area (Å²) in [6.45, 7) is 7.99. The molecule has 3 heterocycles. The van der Waals surface area contributed by atoms with Crippen molar-refractivity contribution in [1.82, 2.24) is 4.90 Å². The number of piperidine rings is 3. The largest absolute Gasteiger partial charge is 0.384 e. The van der Waals surface area contributed by atoms with Crippen molar-refractivity contribution in [1.29, 1.82) is 0 Å². The zero-order valence-electron chi connectivity index (χ0n) is 14.8. The normalized spacial score (nSPS) is 27.2. The molecule has 0 amide bonds. The Morgan fingerprint density at radius 1 is 0.875 bits per heavy atom. The van der Waals surface area contributed by atoms with E-state index >= 15 is 0 Å². The zero-order chi connectivity index (χ0) is 16.7. The minimum absolute atomic E-state index is 0.335. The van der Waals surface area contributed by atoms with Gasteiger partial charge in [-0.25, -0.2) is 0 Å². The third-order valence-electron chi connectivity index (χ3n) is 6.26. The maximum atomic E-state index is 10.9. The summed E-state index contributed by atoms with van der Waals surface area (Å²) in [6.07, 6.45) is 3.25. The average molecular weight is 321 g/mol. The van der Waals surface area contributed by atoms with Gasteiger partial charge in [0.15, 0.2) is 0 Å². The highest BCUT2D eigenvalue weighted by Gasteiger charge is 2.41. The van der Waals surface area contributed by atoms with Gasteiger partial charge in [0, 0.05) is 0 Å². The number of rotatable bonds is 3. The second-order valence-electron chi connectivity index (χ2n) is 7.76. The van der Waals surface area contributed by atoms with Crippen LogP contribution >= 0.6 is 0 Å². The molecule has 126 valence electrons. The Hall–Kier alpha value is -1.64. The molecule has 3 aliphatic heterocycles. The van der Waals surface area contributed by atoms with E-state index in [0.717, 1.165) is 11.1 Å². The summed E-state index contributed by atoms with van der Waals surface area (Å²) < 4.78 is 0. The fourth-order valence-corrected chi connectivity index (χ4v) is 4.55. The molecule has 0 aliphatic carbocycles. The molecule has 0 spiro atoms. The summed E-state index contributed by atoms with van der Waals surface area (Å²) in [4.78, 5) is 2.59. The summed E-state index contributed by atoms with van der Waals surface area (Å²) in [6, 6.07) is 14.8. The highest BCUT2D eigenvalue weighted by molar-refractivity contribution is 5.41. The fraction of sp³-hybridized carbons (Fsp3) is 0.455. The van der Waals surface area contributed by atoms with Crippen LogP contribution in [-0.4, -0.2) is 29.6 Å². The van der Waals surface area contributed by atoms with Gasteiger partial charge < -0.3 is 10.0 Å². The first-order valence-corrected chi connectivity index (χ1v) is 9.15. The lowest BCUT2D eigenvalue weighted by atomic mass is 9.66. The third kappa shape index (κ3) is 2.68. The number of hydrogen-bond acceptors (Lipinski definition) is 2. The summed E-state index contributed by atoms with van der Waals surface area (Å²) in [5.74, 6) is 0. The Morgan fingerprint density at radius 2 is 1.46 bits per heavy atom. The van der Waals surface area contributed by atoms with E-state index in [2.05, 4.69) is 49.1 Å². The van der Waals surface area contributed by atoms with E-state index in [1.54, 1.807) is 0 Å². The second-order valence-corrected chi connectivity index (χ2v) is 7.76. The molecule has 3 saturated heterocycles. The van der Waals surface area contributed by atoms with Crippen LogP contribution < -0.4 is 0 Å². The van der Waals surface area contributed by atoms with Gasteiger partial charge in [-0.1, -0.05) is 48.0 Å². The van der Waals surface area contributed by atoms with Crippen LogP contribution in [-0.2, 0) is 5.41 Å². The van der Waals surface area contributed by atoms with E-state index < -0.39 is 6.10 Å². The molecule has 2 aromatic carbocycles. The maximum Gasteiger partial charge on any atom is 0.104 e.